The minimum atomic E-state index is 0.478. The van der Waals surface area contributed by atoms with Crippen LogP contribution in [0.5, 0.6) is 0 Å². The van der Waals surface area contributed by atoms with Crippen molar-refractivity contribution in [2.75, 3.05) is 39.5 Å². The molecule has 0 saturated heterocycles. The number of hydrogen-bond acceptors (Lipinski definition) is 5. The second-order valence-corrected chi connectivity index (χ2v) is 4.53. The monoisotopic (exact) mass is 281 g/mol. The maximum absolute atomic E-state index is 5.63. The molecule has 0 aromatic carbocycles. The molecule has 0 amide bonds. The van der Waals surface area contributed by atoms with Crippen molar-refractivity contribution in [3.63, 3.8) is 0 Å². The van der Waals surface area contributed by atoms with Crippen LogP contribution in [0.4, 0.5) is 0 Å². The molecule has 0 unspecified atom stereocenters. The molecule has 0 aliphatic heterocycles. The minimum Gasteiger partial charge on any atom is -0.380 e. The van der Waals surface area contributed by atoms with Gasteiger partial charge in [-0.1, -0.05) is 0 Å². The summed E-state index contributed by atoms with van der Waals surface area (Å²) < 4.78 is 10.9. The van der Waals surface area contributed by atoms with Crippen LogP contribution < -0.4 is 5.73 Å². The zero-order chi connectivity index (χ0) is 14.6. The average molecular weight is 281 g/mol. The van der Waals surface area contributed by atoms with E-state index in [0.717, 1.165) is 51.8 Å². The van der Waals surface area contributed by atoms with Crippen molar-refractivity contribution in [3.05, 3.63) is 29.6 Å². The van der Waals surface area contributed by atoms with Crippen LogP contribution >= 0.6 is 0 Å². The first-order valence-corrected chi connectivity index (χ1v) is 7.31. The highest BCUT2D eigenvalue weighted by molar-refractivity contribution is 5.16. The summed E-state index contributed by atoms with van der Waals surface area (Å²) in [4.78, 5) is 6.56. The lowest BCUT2D eigenvalue weighted by Gasteiger charge is -2.22. The third-order valence-corrected chi connectivity index (χ3v) is 3.01. The SMILES string of the molecule is CCOCCN(CCOCC)Cc1ccnc(CN)c1. The van der Waals surface area contributed by atoms with Crippen molar-refractivity contribution in [1.29, 1.82) is 0 Å². The van der Waals surface area contributed by atoms with E-state index in [4.69, 9.17) is 15.2 Å². The number of hydrogen-bond donors (Lipinski definition) is 1. The van der Waals surface area contributed by atoms with Gasteiger partial charge in [0.25, 0.3) is 0 Å². The van der Waals surface area contributed by atoms with E-state index < -0.39 is 0 Å². The quantitative estimate of drug-likeness (QED) is 0.622. The summed E-state index contributed by atoms with van der Waals surface area (Å²) in [6.07, 6.45) is 1.82. The molecule has 5 heteroatoms. The van der Waals surface area contributed by atoms with E-state index in [1.54, 1.807) is 0 Å². The van der Waals surface area contributed by atoms with Crippen LogP contribution in [0.15, 0.2) is 18.3 Å². The Morgan fingerprint density at radius 2 is 1.80 bits per heavy atom. The molecule has 5 nitrogen and oxygen atoms in total. The molecule has 0 atom stereocenters. The van der Waals surface area contributed by atoms with Gasteiger partial charge in [-0.3, -0.25) is 9.88 Å². The standard InChI is InChI=1S/C15H27N3O2/c1-3-19-9-7-18(8-10-20-4-2)13-14-5-6-17-15(11-14)12-16/h5-6,11H,3-4,7-10,12-13,16H2,1-2H3. The summed E-state index contributed by atoms with van der Waals surface area (Å²) in [5.74, 6) is 0. The van der Waals surface area contributed by atoms with E-state index in [1.807, 2.05) is 26.1 Å². The molecular weight excluding hydrogens is 254 g/mol. The molecule has 2 N–H and O–H groups in total. The summed E-state index contributed by atoms with van der Waals surface area (Å²) in [7, 11) is 0. The Hall–Kier alpha value is -1.01. The Bertz CT molecular complexity index is 351. The van der Waals surface area contributed by atoms with Gasteiger partial charge in [0.1, 0.15) is 0 Å². The van der Waals surface area contributed by atoms with Gasteiger partial charge >= 0.3 is 0 Å². The first-order chi connectivity index (χ1) is 9.80. The lowest BCUT2D eigenvalue weighted by atomic mass is 10.2. The van der Waals surface area contributed by atoms with Crippen molar-refractivity contribution < 1.29 is 9.47 Å². The number of nitrogens with zero attached hydrogens (tertiary/aromatic N) is 2. The lowest BCUT2D eigenvalue weighted by Crippen LogP contribution is -2.30. The van der Waals surface area contributed by atoms with Gasteiger partial charge in [0.15, 0.2) is 0 Å². The summed E-state index contributed by atoms with van der Waals surface area (Å²) in [5.41, 5.74) is 7.79. The molecule has 0 radical (unpaired) electrons. The van der Waals surface area contributed by atoms with E-state index in [-0.39, 0.29) is 0 Å². The van der Waals surface area contributed by atoms with Gasteiger partial charge in [-0.15, -0.1) is 0 Å². The molecule has 114 valence electrons. The predicted octanol–water partition coefficient (Wildman–Crippen LogP) is 1.42. The van der Waals surface area contributed by atoms with Gasteiger partial charge in [0, 0.05) is 45.6 Å². The largest absolute Gasteiger partial charge is 0.380 e. The van der Waals surface area contributed by atoms with Crippen molar-refractivity contribution in [2.45, 2.75) is 26.9 Å². The Labute approximate surface area is 122 Å². The number of pyridine rings is 1. The average Bonchev–Trinajstić information content (AvgIpc) is 2.47. The van der Waals surface area contributed by atoms with Gasteiger partial charge in [-0.2, -0.15) is 0 Å². The lowest BCUT2D eigenvalue weighted by molar-refractivity contribution is 0.0797. The summed E-state index contributed by atoms with van der Waals surface area (Å²) in [5, 5.41) is 0. The van der Waals surface area contributed by atoms with Crippen LogP contribution in [0.1, 0.15) is 25.1 Å². The van der Waals surface area contributed by atoms with Crippen LogP contribution in [-0.2, 0) is 22.6 Å². The van der Waals surface area contributed by atoms with Crippen molar-refractivity contribution >= 4 is 0 Å². The first-order valence-electron chi connectivity index (χ1n) is 7.31. The molecule has 0 fully saturated rings. The predicted molar refractivity (Wildman–Crippen MR) is 80.4 cm³/mol. The van der Waals surface area contributed by atoms with Crippen LogP contribution in [0.2, 0.25) is 0 Å². The van der Waals surface area contributed by atoms with E-state index in [0.29, 0.717) is 6.54 Å². The minimum absolute atomic E-state index is 0.478. The van der Waals surface area contributed by atoms with E-state index in [2.05, 4.69) is 16.0 Å². The molecule has 1 rings (SSSR count). The fourth-order valence-corrected chi connectivity index (χ4v) is 1.94. The van der Waals surface area contributed by atoms with E-state index in [1.165, 1.54) is 5.56 Å². The zero-order valence-electron chi connectivity index (χ0n) is 12.7. The second kappa shape index (κ2) is 10.7. The molecule has 1 aromatic rings. The maximum Gasteiger partial charge on any atom is 0.0593 e. The summed E-state index contributed by atoms with van der Waals surface area (Å²) in [6.45, 7) is 10.2. The third-order valence-electron chi connectivity index (χ3n) is 3.01. The Morgan fingerprint density at radius 1 is 1.15 bits per heavy atom. The fourth-order valence-electron chi connectivity index (χ4n) is 1.94. The molecule has 1 aromatic heterocycles. The third kappa shape index (κ3) is 6.96. The maximum atomic E-state index is 5.63. The molecule has 0 aliphatic carbocycles. The fraction of sp³-hybridized carbons (Fsp3) is 0.667. The van der Waals surface area contributed by atoms with Crippen LogP contribution in [-0.4, -0.2) is 49.4 Å². The normalized spacial score (nSPS) is 11.2. The summed E-state index contributed by atoms with van der Waals surface area (Å²) >= 11 is 0. The molecule has 0 bridgehead atoms. The second-order valence-electron chi connectivity index (χ2n) is 4.53. The number of aromatic nitrogens is 1. The highest BCUT2D eigenvalue weighted by Crippen LogP contribution is 2.06. The first kappa shape index (κ1) is 17.0. The van der Waals surface area contributed by atoms with Crippen molar-refractivity contribution in [3.8, 4) is 0 Å². The molecule has 0 saturated carbocycles. The van der Waals surface area contributed by atoms with Crippen molar-refractivity contribution in [2.24, 2.45) is 5.73 Å². The molecule has 20 heavy (non-hydrogen) atoms. The van der Waals surface area contributed by atoms with Gasteiger partial charge in [-0.25, -0.2) is 0 Å². The number of rotatable bonds is 11. The smallest absolute Gasteiger partial charge is 0.0593 e. The van der Waals surface area contributed by atoms with Crippen LogP contribution in [0.25, 0.3) is 0 Å². The Morgan fingerprint density at radius 3 is 2.35 bits per heavy atom. The topological polar surface area (TPSA) is 60.6 Å². The molecular formula is C15H27N3O2. The Balaban J connectivity index is 2.51. The number of ether oxygens (including phenoxy) is 2. The zero-order valence-corrected chi connectivity index (χ0v) is 12.7. The van der Waals surface area contributed by atoms with Gasteiger partial charge in [0.05, 0.1) is 18.9 Å². The summed E-state index contributed by atoms with van der Waals surface area (Å²) in [6, 6.07) is 4.10. The van der Waals surface area contributed by atoms with Crippen molar-refractivity contribution in [1.82, 2.24) is 9.88 Å². The van der Waals surface area contributed by atoms with E-state index >= 15 is 0 Å². The van der Waals surface area contributed by atoms with Gasteiger partial charge in [0.2, 0.25) is 0 Å². The molecule has 0 aliphatic rings. The number of nitrogens with two attached hydrogens (primary N) is 1. The van der Waals surface area contributed by atoms with Crippen LogP contribution in [0.3, 0.4) is 0 Å². The van der Waals surface area contributed by atoms with Crippen LogP contribution in [0, 0.1) is 0 Å². The highest BCUT2D eigenvalue weighted by Gasteiger charge is 2.07. The Kier molecular flexibility index (Phi) is 9.15. The van der Waals surface area contributed by atoms with Gasteiger partial charge in [-0.05, 0) is 31.5 Å². The van der Waals surface area contributed by atoms with Gasteiger partial charge < -0.3 is 15.2 Å². The van der Waals surface area contributed by atoms with E-state index in [9.17, 15) is 0 Å². The highest BCUT2D eigenvalue weighted by atomic mass is 16.5. The molecule has 0 spiro atoms. The molecule has 1 heterocycles.